The lowest BCUT2D eigenvalue weighted by atomic mass is 10.8. The Bertz CT molecular complexity index is 28.9. The van der Waals surface area contributed by atoms with Gasteiger partial charge in [0.2, 0.25) is 0 Å². The molecule has 0 rings (SSSR count). The molecular formula is C4H12N2S. The normalized spacial score (nSPS) is 9.43. The highest BCUT2D eigenvalue weighted by Crippen LogP contribution is 1.85. The van der Waals surface area contributed by atoms with Gasteiger partial charge in [0.05, 0.1) is 0 Å². The van der Waals surface area contributed by atoms with Crippen molar-refractivity contribution in [1.82, 2.24) is 10.0 Å². The van der Waals surface area contributed by atoms with Gasteiger partial charge in [-0.25, -0.2) is 0 Å². The molecule has 44 valence electrons. The first-order valence-corrected chi connectivity index (χ1v) is 3.33. The Morgan fingerprint density at radius 2 is 2.14 bits per heavy atom. The molecule has 0 amide bonds. The fourth-order valence-corrected chi connectivity index (χ4v) is 0.765. The molecule has 0 aromatic heterocycles. The minimum Gasteiger partial charge on any atom is -0.319 e. The molecule has 2 N–H and O–H groups in total. The highest BCUT2D eigenvalue weighted by molar-refractivity contribution is 7.97. The standard InChI is InChI=1S/C4H12N2S/c1-5-3-4-7-6-2/h5-6H,3-4H2,1-2H3. The molecule has 3 heteroatoms. The fourth-order valence-electron chi connectivity index (χ4n) is 0.255. The van der Waals surface area contributed by atoms with E-state index in [1.807, 2.05) is 14.1 Å². The molecule has 0 aliphatic rings. The van der Waals surface area contributed by atoms with E-state index in [0.717, 1.165) is 12.3 Å². The third-order valence-electron chi connectivity index (χ3n) is 0.598. The number of rotatable bonds is 4. The van der Waals surface area contributed by atoms with Crippen LogP contribution in [-0.4, -0.2) is 26.4 Å². The summed E-state index contributed by atoms with van der Waals surface area (Å²) in [6.45, 7) is 1.07. The minimum atomic E-state index is 1.07. The SMILES string of the molecule is CNCCSNC. The van der Waals surface area contributed by atoms with Gasteiger partial charge in [0.15, 0.2) is 0 Å². The van der Waals surface area contributed by atoms with E-state index < -0.39 is 0 Å². The molecule has 0 radical (unpaired) electrons. The first-order valence-electron chi connectivity index (χ1n) is 2.35. The van der Waals surface area contributed by atoms with Crippen LogP contribution >= 0.6 is 11.9 Å². The van der Waals surface area contributed by atoms with Crippen molar-refractivity contribution in [2.75, 3.05) is 26.4 Å². The maximum Gasteiger partial charge on any atom is 0.0204 e. The van der Waals surface area contributed by atoms with Crippen LogP contribution in [0.3, 0.4) is 0 Å². The molecule has 0 unspecified atom stereocenters. The Balaban J connectivity index is 2.45. The van der Waals surface area contributed by atoms with E-state index in [1.54, 1.807) is 11.9 Å². The zero-order valence-electron chi connectivity index (χ0n) is 4.82. The Morgan fingerprint density at radius 3 is 2.57 bits per heavy atom. The van der Waals surface area contributed by atoms with Crippen LogP contribution in [0.4, 0.5) is 0 Å². The number of hydrogen-bond acceptors (Lipinski definition) is 3. The summed E-state index contributed by atoms with van der Waals surface area (Å²) in [7, 11) is 3.89. The van der Waals surface area contributed by atoms with Gasteiger partial charge in [-0.05, 0) is 14.1 Å². The summed E-state index contributed by atoms with van der Waals surface area (Å²) >= 11 is 1.72. The van der Waals surface area contributed by atoms with Crippen molar-refractivity contribution in [2.24, 2.45) is 0 Å². The summed E-state index contributed by atoms with van der Waals surface area (Å²) in [5.74, 6) is 1.13. The van der Waals surface area contributed by atoms with Crippen LogP contribution in [0, 0.1) is 0 Å². The Labute approximate surface area is 49.2 Å². The van der Waals surface area contributed by atoms with Gasteiger partial charge < -0.3 is 5.32 Å². The molecule has 0 aromatic carbocycles. The lowest BCUT2D eigenvalue weighted by Gasteiger charge is -1.94. The third-order valence-corrected chi connectivity index (χ3v) is 1.30. The smallest absolute Gasteiger partial charge is 0.0204 e. The van der Waals surface area contributed by atoms with E-state index in [0.29, 0.717) is 0 Å². The number of nitrogens with one attached hydrogen (secondary N) is 2. The zero-order chi connectivity index (χ0) is 5.54. The van der Waals surface area contributed by atoms with E-state index in [9.17, 15) is 0 Å². The molecule has 0 saturated carbocycles. The van der Waals surface area contributed by atoms with Crippen LogP contribution in [0.2, 0.25) is 0 Å². The topological polar surface area (TPSA) is 24.1 Å². The van der Waals surface area contributed by atoms with E-state index >= 15 is 0 Å². The molecule has 0 saturated heterocycles. The predicted molar refractivity (Wildman–Crippen MR) is 35.4 cm³/mol. The van der Waals surface area contributed by atoms with Crippen molar-refractivity contribution < 1.29 is 0 Å². The van der Waals surface area contributed by atoms with Gasteiger partial charge in [-0.1, -0.05) is 11.9 Å². The summed E-state index contributed by atoms with van der Waals surface area (Å²) in [5, 5.41) is 3.04. The first kappa shape index (κ1) is 7.27. The quantitative estimate of drug-likeness (QED) is 0.405. The molecule has 0 aromatic rings. The fraction of sp³-hybridized carbons (Fsp3) is 1.00. The van der Waals surface area contributed by atoms with Gasteiger partial charge in [-0.2, -0.15) is 0 Å². The third kappa shape index (κ3) is 6.27. The maximum atomic E-state index is 3.04. The van der Waals surface area contributed by atoms with E-state index in [1.165, 1.54) is 0 Å². The molecule has 2 nitrogen and oxygen atoms in total. The molecule has 0 aliphatic heterocycles. The lowest BCUT2D eigenvalue weighted by Crippen LogP contribution is -2.11. The molecular weight excluding hydrogens is 108 g/mol. The molecule has 7 heavy (non-hydrogen) atoms. The van der Waals surface area contributed by atoms with Crippen molar-refractivity contribution in [3.05, 3.63) is 0 Å². The van der Waals surface area contributed by atoms with Crippen LogP contribution in [-0.2, 0) is 0 Å². The van der Waals surface area contributed by atoms with Gasteiger partial charge >= 0.3 is 0 Å². The van der Waals surface area contributed by atoms with Crippen LogP contribution < -0.4 is 10.0 Å². The van der Waals surface area contributed by atoms with Crippen molar-refractivity contribution in [2.45, 2.75) is 0 Å². The van der Waals surface area contributed by atoms with E-state index in [-0.39, 0.29) is 0 Å². The van der Waals surface area contributed by atoms with Crippen molar-refractivity contribution in [1.29, 1.82) is 0 Å². The molecule has 0 heterocycles. The largest absolute Gasteiger partial charge is 0.319 e. The average Bonchev–Trinajstić information content (AvgIpc) is 1.69. The highest BCUT2D eigenvalue weighted by Gasteiger charge is 1.77. The molecule has 0 spiro atoms. The van der Waals surface area contributed by atoms with Gasteiger partial charge in [0.1, 0.15) is 0 Å². The van der Waals surface area contributed by atoms with E-state index in [2.05, 4.69) is 10.0 Å². The Hall–Kier alpha value is 0.270. The summed E-state index contributed by atoms with van der Waals surface area (Å²) in [5.41, 5.74) is 0. The van der Waals surface area contributed by atoms with Gasteiger partial charge in [-0.3, -0.25) is 4.72 Å². The van der Waals surface area contributed by atoms with Crippen LogP contribution in [0.5, 0.6) is 0 Å². The summed E-state index contributed by atoms with van der Waals surface area (Å²) in [4.78, 5) is 0. The Kier molecular flexibility index (Phi) is 6.51. The molecule has 0 aliphatic carbocycles. The van der Waals surface area contributed by atoms with E-state index in [4.69, 9.17) is 0 Å². The summed E-state index contributed by atoms with van der Waals surface area (Å²) in [6, 6.07) is 0. The van der Waals surface area contributed by atoms with Gasteiger partial charge in [0, 0.05) is 12.3 Å². The second-order valence-corrected chi connectivity index (χ2v) is 2.26. The van der Waals surface area contributed by atoms with Crippen LogP contribution in [0.1, 0.15) is 0 Å². The molecule has 0 atom stereocenters. The van der Waals surface area contributed by atoms with Crippen molar-refractivity contribution in [3.63, 3.8) is 0 Å². The van der Waals surface area contributed by atoms with Crippen molar-refractivity contribution >= 4 is 11.9 Å². The van der Waals surface area contributed by atoms with Crippen LogP contribution in [0.15, 0.2) is 0 Å². The van der Waals surface area contributed by atoms with Gasteiger partial charge in [0.25, 0.3) is 0 Å². The summed E-state index contributed by atoms with van der Waals surface area (Å²) in [6.07, 6.45) is 0. The Morgan fingerprint density at radius 1 is 1.43 bits per heavy atom. The maximum absolute atomic E-state index is 3.04. The number of hydrogen-bond donors (Lipinski definition) is 2. The monoisotopic (exact) mass is 120 g/mol. The molecule has 0 bridgehead atoms. The van der Waals surface area contributed by atoms with Gasteiger partial charge in [-0.15, -0.1) is 0 Å². The first-order chi connectivity index (χ1) is 3.41. The lowest BCUT2D eigenvalue weighted by molar-refractivity contribution is 0.870. The molecule has 0 fully saturated rings. The highest BCUT2D eigenvalue weighted by atomic mass is 32.2. The predicted octanol–water partition coefficient (Wildman–Crippen LogP) is 0.0734. The minimum absolute atomic E-state index is 1.07. The second kappa shape index (κ2) is 6.27. The average molecular weight is 120 g/mol. The summed E-state index contributed by atoms with van der Waals surface area (Å²) < 4.78 is 2.98. The van der Waals surface area contributed by atoms with Crippen molar-refractivity contribution in [3.8, 4) is 0 Å². The second-order valence-electron chi connectivity index (χ2n) is 1.16. The zero-order valence-corrected chi connectivity index (χ0v) is 5.64. The van der Waals surface area contributed by atoms with Crippen LogP contribution in [0.25, 0.3) is 0 Å².